The van der Waals surface area contributed by atoms with Crippen molar-refractivity contribution in [1.82, 2.24) is 9.97 Å². The quantitative estimate of drug-likeness (QED) is 0.659. The first kappa shape index (κ1) is 10.4. The highest BCUT2D eigenvalue weighted by atomic mass is 32.2. The summed E-state index contributed by atoms with van der Waals surface area (Å²) >= 11 is 1.58. The van der Waals surface area contributed by atoms with Crippen LogP contribution in [0.1, 0.15) is 5.56 Å². The van der Waals surface area contributed by atoms with Crippen molar-refractivity contribution in [2.24, 2.45) is 0 Å². The van der Waals surface area contributed by atoms with Gasteiger partial charge in [-0.2, -0.15) is 0 Å². The molecule has 0 aliphatic heterocycles. The molecule has 0 aliphatic carbocycles. The number of hydrogen-bond donors (Lipinski definition) is 0. The van der Waals surface area contributed by atoms with E-state index in [0.717, 1.165) is 16.7 Å². The Morgan fingerprint density at radius 2 is 2.00 bits per heavy atom. The molecular formula is C13H10N2OS. The van der Waals surface area contributed by atoms with Gasteiger partial charge in [0.15, 0.2) is 0 Å². The van der Waals surface area contributed by atoms with Crippen molar-refractivity contribution in [2.45, 2.75) is 11.0 Å². The average molecular weight is 242 g/mol. The largest absolute Gasteiger partial charge is 0.440 e. The van der Waals surface area contributed by atoms with Crippen LogP contribution in [-0.2, 0) is 5.75 Å². The molecule has 0 atom stereocenters. The summed E-state index contributed by atoms with van der Waals surface area (Å²) in [7, 11) is 0. The second-order valence-electron chi connectivity index (χ2n) is 3.58. The summed E-state index contributed by atoms with van der Waals surface area (Å²) < 4.78 is 5.20. The molecule has 2 heterocycles. The van der Waals surface area contributed by atoms with Crippen LogP contribution in [0.5, 0.6) is 0 Å². The molecule has 0 unspecified atom stereocenters. The summed E-state index contributed by atoms with van der Waals surface area (Å²) in [4.78, 5) is 8.50. The van der Waals surface area contributed by atoms with Gasteiger partial charge in [0, 0.05) is 17.3 Å². The normalized spacial score (nSPS) is 10.8. The predicted molar refractivity (Wildman–Crippen MR) is 67.8 cm³/mol. The van der Waals surface area contributed by atoms with Gasteiger partial charge in [-0.1, -0.05) is 36.0 Å². The number of hydrogen-bond acceptors (Lipinski definition) is 4. The molecular weight excluding hydrogens is 232 g/mol. The standard InChI is InChI=1S/C13H10N2OS/c1-3-10-5-2-6-14-12(10)11(4-1)9-17-13-15-7-8-16-13/h1-8H,9H2. The van der Waals surface area contributed by atoms with Crippen LogP contribution in [0.3, 0.4) is 0 Å². The van der Waals surface area contributed by atoms with Crippen LogP contribution in [0.2, 0.25) is 0 Å². The van der Waals surface area contributed by atoms with Crippen molar-refractivity contribution in [1.29, 1.82) is 0 Å². The molecule has 0 spiro atoms. The molecule has 0 bridgehead atoms. The van der Waals surface area contributed by atoms with Crippen LogP contribution in [0.25, 0.3) is 10.9 Å². The fraction of sp³-hybridized carbons (Fsp3) is 0.0769. The minimum Gasteiger partial charge on any atom is -0.440 e. The van der Waals surface area contributed by atoms with Gasteiger partial charge in [0.05, 0.1) is 11.7 Å². The average Bonchev–Trinajstić information content (AvgIpc) is 2.89. The third kappa shape index (κ3) is 2.17. The molecule has 4 heteroatoms. The molecule has 1 aromatic carbocycles. The van der Waals surface area contributed by atoms with Crippen molar-refractivity contribution >= 4 is 22.7 Å². The number of oxazole rings is 1. The second-order valence-corrected chi connectivity index (χ2v) is 4.51. The van der Waals surface area contributed by atoms with Crippen molar-refractivity contribution in [3.8, 4) is 0 Å². The van der Waals surface area contributed by atoms with Gasteiger partial charge in [0.2, 0.25) is 0 Å². The Kier molecular flexibility index (Phi) is 2.80. The van der Waals surface area contributed by atoms with Crippen LogP contribution >= 0.6 is 11.8 Å². The van der Waals surface area contributed by atoms with Crippen LogP contribution in [0.15, 0.2) is 58.6 Å². The van der Waals surface area contributed by atoms with E-state index in [1.165, 1.54) is 5.56 Å². The van der Waals surface area contributed by atoms with Crippen molar-refractivity contribution in [3.05, 3.63) is 54.6 Å². The van der Waals surface area contributed by atoms with Crippen molar-refractivity contribution in [2.75, 3.05) is 0 Å². The van der Waals surface area contributed by atoms with Gasteiger partial charge in [-0.3, -0.25) is 4.98 Å². The number of aromatic nitrogens is 2. The monoisotopic (exact) mass is 242 g/mol. The Morgan fingerprint density at radius 3 is 2.88 bits per heavy atom. The fourth-order valence-corrected chi connectivity index (χ4v) is 2.48. The van der Waals surface area contributed by atoms with Crippen molar-refractivity contribution < 1.29 is 4.42 Å². The molecule has 17 heavy (non-hydrogen) atoms. The number of pyridine rings is 1. The van der Waals surface area contributed by atoms with E-state index in [9.17, 15) is 0 Å². The van der Waals surface area contributed by atoms with Gasteiger partial charge < -0.3 is 4.42 Å². The zero-order valence-corrected chi connectivity index (χ0v) is 9.85. The molecule has 2 aromatic heterocycles. The Morgan fingerprint density at radius 1 is 1.06 bits per heavy atom. The zero-order chi connectivity index (χ0) is 11.5. The SMILES string of the molecule is c1cnc2c(CSc3ncco3)cccc2c1. The number of fused-ring (bicyclic) bond motifs is 1. The smallest absolute Gasteiger partial charge is 0.255 e. The summed E-state index contributed by atoms with van der Waals surface area (Å²) in [5, 5.41) is 1.86. The van der Waals surface area contributed by atoms with E-state index in [-0.39, 0.29) is 0 Å². The first-order valence-corrected chi connectivity index (χ1v) is 6.27. The molecule has 3 rings (SSSR count). The minimum atomic E-state index is 0.693. The van der Waals surface area contributed by atoms with E-state index in [4.69, 9.17) is 4.42 Å². The molecule has 0 fully saturated rings. The van der Waals surface area contributed by atoms with E-state index in [2.05, 4.69) is 34.2 Å². The number of para-hydroxylation sites is 1. The lowest BCUT2D eigenvalue weighted by atomic mass is 10.1. The molecule has 0 saturated heterocycles. The summed E-state index contributed by atoms with van der Waals surface area (Å²) in [6.45, 7) is 0. The lowest BCUT2D eigenvalue weighted by Gasteiger charge is -2.03. The molecule has 3 aromatic rings. The van der Waals surface area contributed by atoms with E-state index >= 15 is 0 Å². The first-order valence-electron chi connectivity index (χ1n) is 5.28. The number of rotatable bonds is 3. The maximum atomic E-state index is 5.20. The Hall–Kier alpha value is -1.81. The van der Waals surface area contributed by atoms with Crippen LogP contribution in [0, 0.1) is 0 Å². The number of nitrogens with zero attached hydrogens (tertiary/aromatic N) is 2. The van der Waals surface area contributed by atoms with Gasteiger partial charge in [-0.15, -0.1) is 0 Å². The molecule has 0 saturated carbocycles. The minimum absolute atomic E-state index is 0.693. The maximum Gasteiger partial charge on any atom is 0.255 e. The first-order chi connectivity index (χ1) is 8.43. The molecule has 84 valence electrons. The molecule has 0 radical (unpaired) electrons. The highest BCUT2D eigenvalue weighted by Gasteiger charge is 2.04. The van der Waals surface area contributed by atoms with Gasteiger partial charge in [0.25, 0.3) is 5.22 Å². The summed E-state index contributed by atoms with van der Waals surface area (Å²) in [6.07, 6.45) is 5.06. The highest BCUT2D eigenvalue weighted by molar-refractivity contribution is 7.98. The molecule has 3 nitrogen and oxygen atoms in total. The summed E-state index contributed by atoms with van der Waals surface area (Å²) in [6, 6.07) is 10.2. The molecule has 0 amide bonds. The second kappa shape index (κ2) is 4.59. The van der Waals surface area contributed by atoms with E-state index < -0.39 is 0 Å². The summed E-state index contributed by atoms with van der Waals surface area (Å²) in [5.74, 6) is 0.814. The van der Waals surface area contributed by atoms with Crippen LogP contribution in [0.4, 0.5) is 0 Å². The molecule has 0 N–H and O–H groups in total. The van der Waals surface area contributed by atoms with E-state index in [0.29, 0.717) is 5.22 Å². The van der Waals surface area contributed by atoms with Gasteiger partial charge in [-0.05, 0) is 11.6 Å². The van der Waals surface area contributed by atoms with Gasteiger partial charge >= 0.3 is 0 Å². The van der Waals surface area contributed by atoms with Crippen LogP contribution < -0.4 is 0 Å². The summed E-state index contributed by atoms with van der Waals surface area (Å²) in [5.41, 5.74) is 2.25. The van der Waals surface area contributed by atoms with Crippen molar-refractivity contribution in [3.63, 3.8) is 0 Å². The Bertz CT molecular complexity index is 617. The Balaban J connectivity index is 1.90. The lowest BCUT2D eigenvalue weighted by molar-refractivity contribution is 0.454. The van der Waals surface area contributed by atoms with Crippen LogP contribution in [-0.4, -0.2) is 9.97 Å². The fourth-order valence-electron chi connectivity index (χ4n) is 1.71. The zero-order valence-electron chi connectivity index (χ0n) is 9.04. The highest BCUT2D eigenvalue weighted by Crippen LogP contribution is 2.24. The predicted octanol–water partition coefficient (Wildman–Crippen LogP) is 3.52. The Labute approximate surface area is 103 Å². The molecule has 0 aliphatic rings. The van der Waals surface area contributed by atoms with Gasteiger partial charge in [-0.25, -0.2) is 4.98 Å². The lowest BCUT2D eigenvalue weighted by Crippen LogP contribution is -1.86. The van der Waals surface area contributed by atoms with E-state index in [1.807, 2.05) is 12.3 Å². The van der Waals surface area contributed by atoms with Gasteiger partial charge in [0.1, 0.15) is 6.26 Å². The maximum absolute atomic E-state index is 5.20. The number of thioether (sulfide) groups is 1. The third-order valence-electron chi connectivity index (χ3n) is 2.48. The van der Waals surface area contributed by atoms with E-state index in [1.54, 1.807) is 24.2 Å². The number of benzene rings is 1. The topological polar surface area (TPSA) is 38.9 Å². The third-order valence-corrected chi connectivity index (χ3v) is 3.38.